The van der Waals surface area contributed by atoms with E-state index in [0.717, 1.165) is 5.56 Å². The first-order chi connectivity index (χ1) is 5.86. The summed E-state index contributed by atoms with van der Waals surface area (Å²) in [5.41, 5.74) is 0.718. The highest BCUT2D eigenvalue weighted by atomic mass is 16.5. The van der Waals surface area contributed by atoms with Gasteiger partial charge in [-0.25, -0.2) is 9.97 Å². The predicted molar refractivity (Wildman–Crippen MR) is 43.3 cm³/mol. The van der Waals surface area contributed by atoms with Crippen LogP contribution in [0.5, 0.6) is 0 Å². The molecule has 0 bridgehead atoms. The van der Waals surface area contributed by atoms with Crippen molar-refractivity contribution in [1.29, 1.82) is 0 Å². The van der Waals surface area contributed by atoms with E-state index in [4.69, 9.17) is 9.84 Å². The van der Waals surface area contributed by atoms with Crippen molar-refractivity contribution in [2.75, 3.05) is 6.61 Å². The van der Waals surface area contributed by atoms with Gasteiger partial charge in [-0.15, -0.1) is 0 Å². The molecule has 0 aromatic carbocycles. The molecular formula is C8H12N2O2. The minimum atomic E-state index is -0.0189. The molecule has 1 aromatic rings. The lowest BCUT2D eigenvalue weighted by molar-refractivity contribution is 0.128. The van der Waals surface area contributed by atoms with Crippen molar-refractivity contribution in [3.63, 3.8) is 0 Å². The van der Waals surface area contributed by atoms with Crippen LogP contribution in [0.2, 0.25) is 0 Å². The van der Waals surface area contributed by atoms with Crippen LogP contribution in [0.4, 0.5) is 0 Å². The summed E-state index contributed by atoms with van der Waals surface area (Å²) in [7, 11) is 0. The van der Waals surface area contributed by atoms with Crippen molar-refractivity contribution in [3.8, 4) is 0 Å². The van der Waals surface area contributed by atoms with Gasteiger partial charge in [0.05, 0.1) is 6.61 Å². The second-order valence-corrected chi connectivity index (χ2v) is 2.30. The van der Waals surface area contributed by atoms with Gasteiger partial charge >= 0.3 is 0 Å². The van der Waals surface area contributed by atoms with E-state index < -0.39 is 0 Å². The van der Waals surface area contributed by atoms with Crippen LogP contribution < -0.4 is 0 Å². The van der Waals surface area contributed by atoms with E-state index in [-0.39, 0.29) is 6.61 Å². The van der Waals surface area contributed by atoms with Crippen LogP contribution in [0.25, 0.3) is 0 Å². The monoisotopic (exact) mass is 168 g/mol. The lowest BCUT2D eigenvalue weighted by Crippen LogP contribution is -1.99. The molecule has 0 radical (unpaired) electrons. The van der Waals surface area contributed by atoms with E-state index >= 15 is 0 Å². The zero-order chi connectivity index (χ0) is 8.81. The van der Waals surface area contributed by atoms with Gasteiger partial charge in [0.25, 0.3) is 0 Å². The fourth-order valence-corrected chi connectivity index (χ4v) is 0.731. The smallest absolute Gasteiger partial charge is 0.153 e. The van der Waals surface area contributed by atoms with Crippen molar-refractivity contribution in [2.24, 2.45) is 0 Å². The summed E-state index contributed by atoms with van der Waals surface area (Å²) < 4.78 is 5.11. The highest BCUT2D eigenvalue weighted by Crippen LogP contribution is 1.96. The fraction of sp³-hybridized carbons (Fsp3) is 0.500. The van der Waals surface area contributed by atoms with Crippen molar-refractivity contribution < 1.29 is 9.84 Å². The van der Waals surface area contributed by atoms with Crippen LogP contribution in [0, 0.1) is 0 Å². The van der Waals surface area contributed by atoms with Crippen LogP contribution in [0.15, 0.2) is 12.4 Å². The fourth-order valence-electron chi connectivity index (χ4n) is 0.731. The number of aromatic nitrogens is 2. The molecule has 1 N–H and O–H groups in total. The lowest BCUT2D eigenvalue weighted by Gasteiger charge is -1.99. The zero-order valence-corrected chi connectivity index (χ0v) is 7.03. The highest BCUT2D eigenvalue weighted by molar-refractivity contribution is 5.02. The van der Waals surface area contributed by atoms with Crippen molar-refractivity contribution in [3.05, 3.63) is 23.8 Å². The number of hydrogen-bond donors (Lipinski definition) is 1. The molecule has 0 atom stereocenters. The highest BCUT2D eigenvalue weighted by Gasteiger charge is 1.95. The number of ether oxygens (including phenoxy) is 1. The molecule has 1 aromatic heterocycles. The van der Waals surface area contributed by atoms with E-state index in [1.165, 1.54) is 0 Å². The molecule has 0 aliphatic rings. The third-order valence-corrected chi connectivity index (χ3v) is 1.38. The Morgan fingerprint density at radius 3 is 2.58 bits per heavy atom. The number of aliphatic hydroxyl groups excluding tert-OH is 1. The summed E-state index contributed by atoms with van der Waals surface area (Å²) in [5.74, 6) is 0.647. The molecule has 0 unspecified atom stereocenters. The van der Waals surface area contributed by atoms with Gasteiger partial charge < -0.3 is 9.84 Å². The van der Waals surface area contributed by atoms with Crippen LogP contribution in [-0.4, -0.2) is 21.7 Å². The molecule has 0 aliphatic heterocycles. The molecule has 1 rings (SSSR count). The topological polar surface area (TPSA) is 55.2 Å². The van der Waals surface area contributed by atoms with Gasteiger partial charge in [0, 0.05) is 24.6 Å². The molecule has 0 aliphatic carbocycles. The first-order valence-electron chi connectivity index (χ1n) is 3.85. The summed E-state index contributed by atoms with van der Waals surface area (Å²) in [6.45, 7) is 2.99. The maximum absolute atomic E-state index is 8.69. The Kier molecular flexibility index (Phi) is 3.63. The Balaban J connectivity index is 2.53. The zero-order valence-electron chi connectivity index (χ0n) is 7.03. The van der Waals surface area contributed by atoms with Gasteiger partial charge in [0.1, 0.15) is 6.61 Å². The Hall–Kier alpha value is -1.00. The van der Waals surface area contributed by atoms with Gasteiger partial charge in [-0.3, -0.25) is 0 Å². The molecule has 0 saturated carbocycles. The average Bonchev–Trinajstić information content (AvgIpc) is 2.15. The van der Waals surface area contributed by atoms with Gasteiger partial charge in [0.15, 0.2) is 5.82 Å². The largest absolute Gasteiger partial charge is 0.392 e. The molecule has 0 spiro atoms. The first kappa shape index (κ1) is 9.09. The maximum Gasteiger partial charge on any atom is 0.153 e. The van der Waals surface area contributed by atoms with Crippen molar-refractivity contribution in [2.45, 2.75) is 20.1 Å². The number of rotatable bonds is 4. The van der Waals surface area contributed by atoms with E-state index in [1.807, 2.05) is 6.92 Å². The first-order valence-corrected chi connectivity index (χ1v) is 3.85. The van der Waals surface area contributed by atoms with E-state index in [1.54, 1.807) is 12.4 Å². The second-order valence-electron chi connectivity index (χ2n) is 2.30. The van der Waals surface area contributed by atoms with E-state index in [9.17, 15) is 0 Å². The standard InChI is InChI=1S/C8H12N2O2/c1-2-12-6-8-9-3-7(5-11)4-10-8/h3-4,11H,2,5-6H2,1H3. The lowest BCUT2D eigenvalue weighted by atomic mass is 10.4. The molecule has 0 amide bonds. The number of aliphatic hydroxyl groups is 1. The Morgan fingerprint density at radius 1 is 1.42 bits per heavy atom. The molecule has 66 valence electrons. The summed E-state index contributed by atoms with van der Waals surface area (Å²) in [5, 5.41) is 8.69. The predicted octanol–water partition coefficient (Wildman–Crippen LogP) is 0.505. The molecule has 4 nitrogen and oxygen atoms in total. The second kappa shape index (κ2) is 4.79. The molecule has 12 heavy (non-hydrogen) atoms. The minimum Gasteiger partial charge on any atom is -0.392 e. The van der Waals surface area contributed by atoms with Gasteiger partial charge in [-0.1, -0.05) is 0 Å². The molecular weight excluding hydrogens is 156 g/mol. The van der Waals surface area contributed by atoms with Crippen LogP contribution in [0.1, 0.15) is 18.3 Å². The molecule has 0 saturated heterocycles. The molecule has 0 fully saturated rings. The van der Waals surface area contributed by atoms with Crippen molar-refractivity contribution in [1.82, 2.24) is 9.97 Å². The Morgan fingerprint density at radius 2 is 2.08 bits per heavy atom. The SMILES string of the molecule is CCOCc1ncc(CO)cn1. The molecule has 4 heteroatoms. The van der Waals surface area contributed by atoms with Crippen molar-refractivity contribution >= 4 is 0 Å². The molecule has 1 heterocycles. The summed E-state index contributed by atoms with van der Waals surface area (Å²) in [6, 6.07) is 0. The average molecular weight is 168 g/mol. The van der Waals surface area contributed by atoms with Crippen LogP contribution in [-0.2, 0) is 18.0 Å². The number of hydrogen-bond acceptors (Lipinski definition) is 4. The van der Waals surface area contributed by atoms with Gasteiger partial charge in [0.2, 0.25) is 0 Å². The summed E-state index contributed by atoms with van der Waals surface area (Å²) >= 11 is 0. The summed E-state index contributed by atoms with van der Waals surface area (Å²) in [6.07, 6.45) is 3.20. The normalized spacial score (nSPS) is 10.2. The van der Waals surface area contributed by atoms with E-state index in [0.29, 0.717) is 19.0 Å². The number of nitrogens with zero attached hydrogens (tertiary/aromatic N) is 2. The van der Waals surface area contributed by atoms with Crippen LogP contribution in [0.3, 0.4) is 0 Å². The quantitative estimate of drug-likeness (QED) is 0.711. The third-order valence-electron chi connectivity index (χ3n) is 1.38. The van der Waals surface area contributed by atoms with E-state index in [2.05, 4.69) is 9.97 Å². The van der Waals surface area contributed by atoms with Gasteiger partial charge in [-0.05, 0) is 6.92 Å². The summed E-state index contributed by atoms with van der Waals surface area (Å²) in [4.78, 5) is 7.98. The van der Waals surface area contributed by atoms with Crippen LogP contribution >= 0.6 is 0 Å². The third kappa shape index (κ3) is 2.56. The maximum atomic E-state index is 8.69. The Bertz CT molecular complexity index is 223. The Labute approximate surface area is 71.2 Å². The van der Waals surface area contributed by atoms with Gasteiger partial charge in [-0.2, -0.15) is 0 Å². The minimum absolute atomic E-state index is 0.0189.